The van der Waals surface area contributed by atoms with Crippen molar-refractivity contribution in [1.29, 1.82) is 0 Å². The Morgan fingerprint density at radius 2 is 1.95 bits per heavy atom. The van der Waals surface area contributed by atoms with Crippen LogP contribution in [0.25, 0.3) is 0 Å². The summed E-state index contributed by atoms with van der Waals surface area (Å²) in [5.41, 5.74) is 2.43. The van der Waals surface area contributed by atoms with Crippen LogP contribution >= 0.6 is 0 Å². The maximum atomic E-state index is 12.3. The van der Waals surface area contributed by atoms with E-state index in [0.717, 1.165) is 57.7 Å². The van der Waals surface area contributed by atoms with E-state index in [1.54, 1.807) is 13.0 Å². The normalized spacial score (nSPS) is 19.6. The van der Waals surface area contributed by atoms with Crippen LogP contribution in [0.2, 0.25) is 0 Å². The maximum absolute atomic E-state index is 12.3. The van der Waals surface area contributed by atoms with Gasteiger partial charge in [-0.3, -0.25) is 9.59 Å². The van der Waals surface area contributed by atoms with E-state index in [2.05, 4.69) is 0 Å². The number of carbonyl (C=O) groups excluding carboxylic acids is 1. The number of hydrogen-bond donors (Lipinski definition) is 0. The Labute approximate surface area is 130 Å². The number of fused-ring (bicyclic) bond motifs is 1. The fraction of sp³-hybridized carbons (Fsp3) is 0.647. The molecule has 1 saturated heterocycles. The quantitative estimate of drug-likeness (QED) is 0.825. The molecule has 120 valence electrons. The predicted molar refractivity (Wildman–Crippen MR) is 83.9 cm³/mol. The van der Waals surface area contributed by atoms with Gasteiger partial charge in [-0.2, -0.15) is 0 Å². The van der Waals surface area contributed by atoms with Crippen molar-refractivity contribution in [2.45, 2.75) is 39.2 Å². The summed E-state index contributed by atoms with van der Waals surface area (Å²) in [5, 5.41) is 0. The lowest BCUT2D eigenvalue weighted by molar-refractivity contribution is -0.128. The molecule has 0 unspecified atom stereocenters. The van der Waals surface area contributed by atoms with E-state index >= 15 is 0 Å². The zero-order chi connectivity index (χ0) is 15.5. The molecular formula is C17H24N2O3. The van der Waals surface area contributed by atoms with E-state index < -0.39 is 0 Å². The van der Waals surface area contributed by atoms with Gasteiger partial charge in [-0.25, -0.2) is 0 Å². The summed E-state index contributed by atoms with van der Waals surface area (Å²) >= 11 is 0. The van der Waals surface area contributed by atoms with E-state index in [9.17, 15) is 9.59 Å². The first kappa shape index (κ1) is 15.3. The van der Waals surface area contributed by atoms with Crippen molar-refractivity contribution >= 4 is 5.91 Å². The molecule has 0 spiro atoms. The second-order valence-electron chi connectivity index (χ2n) is 6.32. The molecule has 0 aliphatic carbocycles. The summed E-state index contributed by atoms with van der Waals surface area (Å²) in [6.45, 7) is 5.45. The summed E-state index contributed by atoms with van der Waals surface area (Å²) in [7, 11) is 0. The number of hydrogen-bond acceptors (Lipinski definition) is 3. The Balaban J connectivity index is 1.85. The van der Waals surface area contributed by atoms with Gasteiger partial charge in [0.25, 0.3) is 5.56 Å². The minimum Gasteiger partial charge on any atom is -0.381 e. The number of rotatable bonds is 2. The fourth-order valence-corrected chi connectivity index (χ4v) is 3.50. The van der Waals surface area contributed by atoms with Crippen LogP contribution in [0.3, 0.4) is 0 Å². The van der Waals surface area contributed by atoms with Crippen LogP contribution in [0, 0.1) is 5.92 Å². The maximum Gasteiger partial charge on any atom is 0.250 e. The molecule has 0 radical (unpaired) electrons. The predicted octanol–water partition coefficient (Wildman–Crippen LogP) is 1.22. The SMILES string of the molecule is CC(=O)N1CCc2ccc(=O)n(CC3CCOCC3)c2CC1. The Hall–Kier alpha value is -1.62. The van der Waals surface area contributed by atoms with E-state index in [1.165, 1.54) is 5.56 Å². The topological polar surface area (TPSA) is 51.5 Å². The third-order valence-electron chi connectivity index (χ3n) is 4.89. The lowest BCUT2D eigenvalue weighted by Crippen LogP contribution is -2.32. The first-order valence-corrected chi connectivity index (χ1v) is 8.20. The van der Waals surface area contributed by atoms with Crippen molar-refractivity contribution in [3.8, 4) is 0 Å². The minimum atomic E-state index is 0.0847. The Kier molecular flexibility index (Phi) is 4.62. The van der Waals surface area contributed by atoms with E-state index in [-0.39, 0.29) is 11.5 Å². The molecule has 0 bridgehead atoms. The summed E-state index contributed by atoms with van der Waals surface area (Å²) in [6.07, 6.45) is 3.66. The second-order valence-corrected chi connectivity index (χ2v) is 6.32. The fourth-order valence-electron chi connectivity index (χ4n) is 3.50. The number of nitrogens with zero attached hydrogens (tertiary/aromatic N) is 2. The smallest absolute Gasteiger partial charge is 0.250 e. The molecule has 0 atom stereocenters. The van der Waals surface area contributed by atoms with Gasteiger partial charge in [0.1, 0.15) is 0 Å². The summed E-state index contributed by atoms with van der Waals surface area (Å²) in [6, 6.07) is 3.63. The van der Waals surface area contributed by atoms with Crippen LogP contribution in [0.4, 0.5) is 0 Å². The molecule has 2 aliphatic heterocycles. The summed E-state index contributed by atoms with van der Waals surface area (Å²) < 4.78 is 7.36. The third kappa shape index (κ3) is 3.24. The molecule has 3 rings (SSSR count). The molecule has 1 fully saturated rings. The highest BCUT2D eigenvalue weighted by molar-refractivity contribution is 5.73. The van der Waals surface area contributed by atoms with Gasteiger partial charge >= 0.3 is 0 Å². The average molecular weight is 304 g/mol. The molecule has 0 N–H and O–H groups in total. The number of amides is 1. The molecule has 22 heavy (non-hydrogen) atoms. The van der Waals surface area contributed by atoms with Gasteiger partial charge < -0.3 is 14.2 Å². The molecule has 5 nitrogen and oxygen atoms in total. The first-order valence-electron chi connectivity index (χ1n) is 8.20. The van der Waals surface area contributed by atoms with Gasteiger partial charge in [0.05, 0.1) is 0 Å². The van der Waals surface area contributed by atoms with E-state index in [4.69, 9.17) is 4.74 Å². The minimum absolute atomic E-state index is 0.0847. The van der Waals surface area contributed by atoms with Crippen molar-refractivity contribution in [3.63, 3.8) is 0 Å². The zero-order valence-electron chi connectivity index (χ0n) is 13.2. The highest BCUT2D eigenvalue weighted by atomic mass is 16.5. The largest absolute Gasteiger partial charge is 0.381 e. The van der Waals surface area contributed by atoms with Crippen LogP contribution in [-0.2, 0) is 28.9 Å². The van der Waals surface area contributed by atoms with Crippen molar-refractivity contribution < 1.29 is 9.53 Å². The first-order chi connectivity index (χ1) is 10.6. The highest BCUT2D eigenvalue weighted by Gasteiger charge is 2.21. The van der Waals surface area contributed by atoms with Gasteiger partial charge in [0, 0.05) is 58.0 Å². The van der Waals surface area contributed by atoms with Crippen LogP contribution in [0.5, 0.6) is 0 Å². The Bertz CT molecular complexity index is 602. The van der Waals surface area contributed by atoms with Crippen LogP contribution in [0.1, 0.15) is 31.0 Å². The Morgan fingerprint density at radius 3 is 2.68 bits per heavy atom. The molecule has 1 aromatic rings. The van der Waals surface area contributed by atoms with Gasteiger partial charge in [-0.15, -0.1) is 0 Å². The molecule has 1 amide bonds. The van der Waals surface area contributed by atoms with Gasteiger partial charge in [-0.1, -0.05) is 6.07 Å². The summed E-state index contributed by atoms with van der Waals surface area (Å²) in [5.74, 6) is 0.635. The van der Waals surface area contributed by atoms with Crippen molar-refractivity contribution in [2.75, 3.05) is 26.3 Å². The van der Waals surface area contributed by atoms with Crippen molar-refractivity contribution in [3.05, 3.63) is 33.7 Å². The van der Waals surface area contributed by atoms with Crippen LogP contribution < -0.4 is 5.56 Å². The molecular weight excluding hydrogens is 280 g/mol. The Morgan fingerprint density at radius 1 is 1.23 bits per heavy atom. The third-order valence-corrected chi connectivity index (χ3v) is 4.89. The van der Waals surface area contributed by atoms with Gasteiger partial charge in [0.15, 0.2) is 0 Å². The van der Waals surface area contributed by atoms with E-state index in [0.29, 0.717) is 12.5 Å². The molecule has 2 aliphatic rings. The van der Waals surface area contributed by atoms with Gasteiger partial charge in [-0.05, 0) is 30.7 Å². The average Bonchev–Trinajstić information content (AvgIpc) is 2.74. The number of pyridine rings is 1. The number of carbonyl (C=O) groups is 1. The standard InChI is InChI=1S/C17H24N2O3/c1-13(20)18-8-4-15-2-3-17(21)19(16(15)5-9-18)12-14-6-10-22-11-7-14/h2-3,14H,4-12H2,1H3. The van der Waals surface area contributed by atoms with Crippen LogP contribution in [0.15, 0.2) is 16.9 Å². The zero-order valence-corrected chi connectivity index (χ0v) is 13.2. The molecule has 0 aromatic carbocycles. The number of ether oxygens (including phenoxy) is 1. The van der Waals surface area contributed by atoms with Crippen molar-refractivity contribution in [1.82, 2.24) is 9.47 Å². The molecule has 0 saturated carbocycles. The lowest BCUT2D eigenvalue weighted by atomic mass is 9.99. The second kappa shape index (κ2) is 6.65. The van der Waals surface area contributed by atoms with E-state index in [1.807, 2.05) is 15.5 Å². The monoisotopic (exact) mass is 304 g/mol. The van der Waals surface area contributed by atoms with Gasteiger partial charge in [0.2, 0.25) is 5.91 Å². The molecule has 1 aromatic heterocycles. The highest BCUT2D eigenvalue weighted by Crippen LogP contribution is 2.20. The summed E-state index contributed by atoms with van der Waals surface area (Å²) in [4.78, 5) is 25.8. The molecule has 3 heterocycles. The molecule has 5 heteroatoms. The number of aromatic nitrogens is 1. The van der Waals surface area contributed by atoms with Crippen LogP contribution in [-0.4, -0.2) is 41.7 Å². The lowest BCUT2D eigenvalue weighted by Gasteiger charge is -2.25. The van der Waals surface area contributed by atoms with Crippen molar-refractivity contribution in [2.24, 2.45) is 5.92 Å².